The standard InChI is InChI=1S/C12H24N4O/c1-3-15(9-6-11(13)14)12(17)16-7-4-10(2)5-8-16/h10H,3-9H2,1-2H3,(H3,13,14). The van der Waals surface area contributed by atoms with Crippen LogP contribution in [0.15, 0.2) is 0 Å². The number of rotatable bonds is 4. The number of piperidine rings is 1. The van der Waals surface area contributed by atoms with E-state index in [-0.39, 0.29) is 11.9 Å². The minimum Gasteiger partial charge on any atom is -0.388 e. The smallest absolute Gasteiger partial charge is 0.320 e. The average molecular weight is 240 g/mol. The molecular weight excluding hydrogens is 216 g/mol. The molecule has 0 aromatic heterocycles. The van der Waals surface area contributed by atoms with E-state index in [1.54, 1.807) is 4.90 Å². The molecule has 0 saturated carbocycles. The van der Waals surface area contributed by atoms with Crippen molar-refractivity contribution in [3.05, 3.63) is 0 Å². The van der Waals surface area contributed by atoms with Crippen LogP contribution in [0, 0.1) is 11.3 Å². The van der Waals surface area contributed by atoms with Gasteiger partial charge in [0.1, 0.15) is 0 Å². The molecule has 1 aliphatic heterocycles. The number of urea groups is 1. The number of hydrogen-bond acceptors (Lipinski definition) is 2. The lowest BCUT2D eigenvalue weighted by atomic mass is 9.99. The molecule has 3 N–H and O–H groups in total. The van der Waals surface area contributed by atoms with Crippen LogP contribution in [0.2, 0.25) is 0 Å². The molecule has 0 unspecified atom stereocenters. The molecule has 1 aliphatic rings. The third kappa shape index (κ3) is 4.24. The van der Waals surface area contributed by atoms with E-state index in [0.717, 1.165) is 31.8 Å². The van der Waals surface area contributed by atoms with E-state index in [4.69, 9.17) is 11.1 Å². The van der Waals surface area contributed by atoms with Crippen molar-refractivity contribution < 1.29 is 4.79 Å². The van der Waals surface area contributed by atoms with Crippen molar-refractivity contribution in [3.63, 3.8) is 0 Å². The van der Waals surface area contributed by atoms with E-state index in [0.29, 0.717) is 19.5 Å². The number of nitrogens with zero attached hydrogens (tertiary/aromatic N) is 2. The summed E-state index contributed by atoms with van der Waals surface area (Å²) < 4.78 is 0. The maximum atomic E-state index is 12.2. The minimum absolute atomic E-state index is 0.0978. The van der Waals surface area contributed by atoms with Crippen molar-refractivity contribution in [3.8, 4) is 0 Å². The summed E-state index contributed by atoms with van der Waals surface area (Å²) in [6.45, 7) is 7.14. The van der Waals surface area contributed by atoms with Crippen molar-refractivity contribution in [1.29, 1.82) is 5.41 Å². The van der Waals surface area contributed by atoms with E-state index in [1.165, 1.54) is 0 Å². The maximum Gasteiger partial charge on any atom is 0.320 e. The van der Waals surface area contributed by atoms with Gasteiger partial charge in [-0.2, -0.15) is 0 Å². The third-order valence-electron chi connectivity index (χ3n) is 3.36. The second-order valence-electron chi connectivity index (χ2n) is 4.81. The fraction of sp³-hybridized carbons (Fsp3) is 0.833. The lowest BCUT2D eigenvalue weighted by Crippen LogP contribution is -2.47. The summed E-state index contributed by atoms with van der Waals surface area (Å²) in [5.74, 6) is 0.870. The highest BCUT2D eigenvalue weighted by molar-refractivity contribution is 5.79. The largest absolute Gasteiger partial charge is 0.388 e. The number of amidine groups is 1. The molecule has 0 aliphatic carbocycles. The van der Waals surface area contributed by atoms with Gasteiger partial charge in [-0.3, -0.25) is 5.41 Å². The van der Waals surface area contributed by atoms with Gasteiger partial charge in [-0.05, 0) is 25.7 Å². The summed E-state index contributed by atoms with van der Waals surface area (Å²) in [6.07, 6.45) is 2.65. The Kier molecular flexibility index (Phi) is 5.25. The zero-order valence-electron chi connectivity index (χ0n) is 10.9. The lowest BCUT2D eigenvalue weighted by Gasteiger charge is -2.34. The van der Waals surface area contributed by atoms with Crippen LogP contribution in [-0.4, -0.2) is 47.8 Å². The fourth-order valence-corrected chi connectivity index (χ4v) is 2.04. The Morgan fingerprint density at radius 2 is 2.06 bits per heavy atom. The number of hydrogen-bond donors (Lipinski definition) is 2. The van der Waals surface area contributed by atoms with Crippen molar-refractivity contribution >= 4 is 11.9 Å². The van der Waals surface area contributed by atoms with Gasteiger partial charge in [0.05, 0.1) is 5.84 Å². The van der Waals surface area contributed by atoms with E-state index in [9.17, 15) is 4.79 Å². The number of carbonyl (C=O) groups excluding carboxylic acids is 1. The normalized spacial score (nSPS) is 16.9. The molecule has 98 valence electrons. The van der Waals surface area contributed by atoms with Crippen LogP contribution in [0.1, 0.15) is 33.1 Å². The Bertz CT molecular complexity index is 272. The van der Waals surface area contributed by atoms with Crippen LogP contribution in [-0.2, 0) is 0 Å². The van der Waals surface area contributed by atoms with Crippen molar-refractivity contribution in [2.45, 2.75) is 33.1 Å². The summed E-state index contributed by atoms with van der Waals surface area (Å²) in [7, 11) is 0. The highest BCUT2D eigenvalue weighted by Crippen LogP contribution is 2.17. The second kappa shape index (κ2) is 6.47. The van der Waals surface area contributed by atoms with Gasteiger partial charge in [-0.15, -0.1) is 0 Å². The van der Waals surface area contributed by atoms with E-state index in [1.807, 2.05) is 11.8 Å². The van der Waals surface area contributed by atoms with Crippen molar-refractivity contribution in [1.82, 2.24) is 9.80 Å². The molecule has 0 aromatic rings. The Balaban J connectivity index is 2.45. The lowest BCUT2D eigenvalue weighted by molar-refractivity contribution is 0.137. The van der Waals surface area contributed by atoms with Crippen LogP contribution in [0.5, 0.6) is 0 Å². The summed E-state index contributed by atoms with van der Waals surface area (Å²) in [5.41, 5.74) is 5.32. The van der Waals surface area contributed by atoms with Crippen molar-refractivity contribution in [2.24, 2.45) is 11.7 Å². The first kappa shape index (κ1) is 13.8. The molecule has 2 amide bonds. The Morgan fingerprint density at radius 3 is 2.53 bits per heavy atom. The molecule has 5 nitrogen and oxygen atoms in total. The summed E-state index contributed by atoms with van der Waals surface area (Å²) in [6, 6.07) is 0.0978. The number of amides is 2. The molecule has 1 fully saturated rings. The molecule has 1 rings (SSSR count). The van der Waals surface area contributed by atoms with Gasteiger partial charge >= 0.3 is 6.03 Å². The molecule has 1 heterocycles. The van der Waals surface area contributed by atoms with E-state index in [2.05, 4.69) is 6.92 Å². The third-order valence-corrected chi connectivity index (χ3v) is 3.36. The molecular formula is C12H24N4O. The zero-order valence-corrected chi connectivity index (χ0v) is 10.9. The molecule has 1 saturated heterocycles. The van der Waals surface area contributed by atoms with Gasteiger partial charge < -0.3 is 15.5 Å². The molecule has 0 atom stereocenters. The fourth-order valence-electron chi connectivity index (χ4n) is 2.04. The number of likely N-dealkylation sites (tertiary alicyclic amines) is 1. The van der Waals surface area contributed by atoms with Gasteiger partial charge in [-0.1, -0.05) is 6.92 Å². The SMILES string of the molecule is CCN(CCC(=N)N)C(=O)N1CCC(C)CC1. The Morgan fingerprint density at radius 1 is 1.47 bits per heavy atom. The molecule has 0 radical (unpaired) electrons. The predicted octanol–water partition coefficient (Wildman–Crippen LogP) is 1.49. The topological polar surface area (TPSA) is 73.4 Å². The maximum absolute atomic E-state index is 12.2. The van der Waals surface area contributed by atoms with Gasteiger partial charge in [0.15, 0.2) is 0 Å². The Hall–Kier alpha value is -1.26. The molecule has 0 bridgehead atoms. The quantitative estimate of drug-likeness (QED) is 0.577. The summed E-state index contributed by atoms with van der Waals surface area (Å²) >= 11 is 0. The minimum atomic E-state index is 0.0978. The molecule has 5 heteroatoms. The summed E-state index contributed by atoms with van der Waals surface area (Å²) in [4.78, 5) is 15.9. The molecule has 17 heavy (non-hydrogen) atoms. The van der Waals surface area contributed by atoms with Gasteiger partial charge in [0, 0.05) is 32.6 Å². The van der Waals surface area contributed by atoms with Crippen LogP contribution in [0.25, 0.3) is 0 Å². The number of carbonyl (C=O) groups is 1. The first-order chi connectivity index (χ1) is 8.04. The predicted molar refractivity (Wildman–Crippen MR) is 69.1 cm³/mol. The molecule has 0 aromatic carbocycles. The Labute approximate surface area is 103 Å². The van der Waals surface area contributed by atoms with Gasteiger partial charge in [0.2, 0.25) is 0 Å². The number of nitrogens with one attached hydrogen (secondary N) is 1. The first-order valence-electron chi connectivity index (χ1n) is 6.41. The van der Waals surface area contributed by atoms with E-state index >= 15 is 0 Å². The van der Waals surface area contributed by atoms with E-state index < -0.39 is 0 Å². The highest BCUT2D eigenvalue weighted by atomic mass is 16.2. The van der Waals surface area contributed by atoms with Crippen LogP contribution in [0.3, 0.4) is 0 Å². The van der Waals surface area contributed by atoms with Crippen LogP contribution < -0.4 is 5.73 Å². The van der Waals surface area contributed by atoms with Crippen LogP contribution >= 0.6 is 0 Å². The average Bonchev–Trinajstić information content (AvgIpc) is 2.30. The second-order valence-corrected chi connectivity index (χ2v) is 4.81. The van der Waals surface area contributed by atoms with Gasteiger partial charge in [0.25, 0.3) is 0 Å². The zero-order chi connectivity index (χ0) is 12.8. The molecule has 0 spiro atoms. The van der Waals surface area contributed by atoms with Crippen LogP contribution in [0.4, 0.5) is 4.79 Å². The van der Waals surface area contributed by atoms with Crippen molar-refractivity contribution in [2.75, 3.05) is 26.2 Å². The first-order valence-corrected chi connectivity index (χ1v) is 6.41. The monoisotopic (exact) mass is 240 g/mol. The van der Waals surface area contributed by atoms with Gasteiger partial charge in [-0.25, -0.2) is 4.79 Å². The summed E-state index contributed by atoms with van der Waals surface area (Å²) in [5, 5.41) is 7.20. The highest BCUT2D eigenvalue weighted by Gasteiger charge is 2.23. The number of nitrogens with two attached hydrogens (primary N) is 1.